The molecule has 25 heavy (non-hydrogen) atoms. The molecule has 0 bridgehead atoms. The molecule has 0 spiro atoms. The second-order valence-corrected chi connectivity index (χ2v) is 7.26. The van der Waals surface area contributed by atoms with Crippen LogP contribution in [0.5, 0.6) is 0 Å². The first-order valence-corrected chi connectivity index (χ1v) is 9.72. The van der Waals surface area contributed by atoms with Gasteiger partial charge in [-0.3, -0.25) is 9.48 Å². The number of carbonyl (C=O) groups is 1. The van der Waals surface area contributed by atoms with Crippen LogP contribution >= 0.6 is 23.5 Å². The molecule has 8 heteroatoms. The van der Waals surface area contributed by atoms with Crippen LogP contribution in [0, 0.1) is 13.8 Å². The lowest BCUT2D eigenvalue weighted by atomic mass is 10.1. The van der Waals surface area contributed by atoms with Crippen molar-refractivity contribution in [2.45, 2.75) is 26.1 Å². The van der Waals surface area contributed by atoms with Gasteiger partial charge in [0.25, 0.3) is 0 Å². The highest BCUT2D eigenvalue weighted by atomic mass is 32.2. The van der Waals surface area contributed by atoms with E-state index in [1.54, 1.807) is 6.20 Å². The first-order chi connectivity index (χ1) is 12.1. The van der Waals surface area contributed by atoms with Crippen LogP contribution in [0.4, 0.5) is 5.69 Å². The van der Waals surface area contributed by atoms with E-state index in [9.17, 15) is 4.79 Å². The predicted molar refractivity (Wildman–Crippen MR) is 102 cm³/mol. The number of aromatic nitrogens is 4. The van der Waals surface area contributed by atoms with E-state index in [0.29, 0.717) is 23.7 Å². The molecule has 0 saturated carbocycles. The molecule has 3 aromatic rings. The second kappa shape index (κ2) is 8.26. The topological polar surface area (TPSA) is 72.7 Å². The minimum atomic E-state index is -0.0410. The van der Waals surface area contributed by atoms with Gasteiger partial charge in [-0.25, -0.2) is 0 Å². The monoisotopic (exact) mass is 373 g/mol. The van der Waals surface area contributed by atoms with Crippen LogP contribution in [-0.2, 0) is 17.1 Å². The van der Waals surface area contributed by atoms with Crippen LogP contribution in [0.15, 0.2) is 36.7 Å². The highest BCUT2D eigenvalue weighted by Gasteiger charge is 2.08. The zero-order chi connectivity index (χ0) is 17.6. The average molecular weight is 374 g/mol. The second-order valence-electron chi connectivity index (χ2n) is 5.75. The summed E-state index contributed by atoms with van der Waals surface area (Å²) in [5.41, 5.74) is 5.01. The first kappa shape index (κ1) is 17.6. The Kier molecular flexibility index (Phi) is 5.83. The molecule has 0 radical (unpaired) electrons. The Balaban J connectivity index is 1.46. The van der Waals surface area contributed by atoms with E-state index in [2.05, 4.69) is 50.4 Å². The van der Waals surface area contributed by atoms with Gasteiger partial charge in [-0.1, -0.05) is 29.8 Å². The van der Waals surface area contributed by atoms with Gasteiger partial charge in [0.05, 0.1) is 47.3 Å². The Morgan fingerprint density at radius 1 is 1.24 bits per heavy atom. The Bertz CT molecular complexity index is 841. The Hall–Kier alpha value is -2.19. The van der Waals surface area contributed by atoms with Crippen LogP contribution in [0.2, 0.25) is 0 Å². The van der Waals surface area contributed by atoms with Crippen molar-refractivity contribution >= 4 is 35.1 Å². The van der Waals surface area contributed by atoms with E-state index in [1.807, 2.05) is 17.8 Å². The minimum Gasteiger partial charge on any atom is -0.323 e. The van der Waals surface area contributed by atoms with Crippen molar-refractivity contribution in [2.24, 2.45) is 0 Å². The number of nitrogens with zero attached hydrogens (tertiary/aromatic N) is 4. The molecule has 0 fully saturated rings. The van der Waals surface area contributed by atoms with Gasteiger partial charge in [-0.2, -0.15) is 13.8 Å². The summed E-state index contributed by atoms with van der Waals surface area (Å²) in [6.07, 6.45) is 3.52. The molecular weight excluding hydrogens is 354 g/mol. The average Bonchev–Trinajstić information content (AvgIpc) is 3.19. The molecule has 0 aliphatic carbocycles. The van der Waals surface area contributed by atoms with Crippen molar-refractivity contribution < 1.29 is 4.79 Å². The summed E-state index contributed by atoms with van der Waals surface area (Å²) in [6.45, 7) is 4.68. The number of amides is 1. The fourth-order valence-corrected chi connectivity index (χ4v) is 3.69. The van der Waals surface area contributed by atoms with Gasteiger partial charge in [0.15, 0.2) is 0 Å². The van der Waals surface area contributed by atoms with E-state index in [0.717, 1.165) is 11.4 Å². The molecule has 1 amide bonds. The van der Waals surface area contributed by atoms with E-state index in [1.165, 1.54) is 34.6 Å². The minimum absolute atomic E-state index is 0.0410. The number of rotatable bonds is 7. The number of benzene rings is 1. The van der Waals surface area contributed by atoms with Crippen molar-refractivity contribution in [3.63, 3.8) is 0 Å². The van der Waals surface area contributed by atoms with Crippen LogP contribution in [-0.4, -0.2) is 30.2 Å². The van der Waals surface area contributed by atoms with E-state index in [4.69, 9.17) is 0 Å². The fourth-order valence-electron chi connectivity index (χ4n) is 2.21. The molecule has 0 unspecified atom stereocenters. The van der Waals surface area contributed by atoms with Gasteiger partial charge in [-0.05, 0) is 19.4 Å². The molecular formula is C17H19N5OS2. The summed E-state index contributed by atoms with van der Waals surface area (Å²) in [6, 6.07) is 8.33. The summed E-state index contributed by atoms with van der Waals surface area (Å²) in [7, 11) is 0. The van der Waals surface area contributed by atoms with Gasteiger partial charge in [0.1, 0.15) is 0 Å². The predicted octanol–water partition coefficient (Wildman–Crippen LogP) is 3.27. The third-order valence-electron chi connectivity index (χ3n) is 3.60. The maximum atomic E-state index is 12.0. The molecule has 2 aromatic heterocycles. The maximum Gasteiger partial charge on any atom is 0.234 e. The number of nitrogens with one attached hydrogen (secondary N) is 1. The molecule has 2 heterocycles. The zero-order valence-corrected chi connectivity index (χ0v) is 15.7. The number of hydrogen-bond acceptors (Lipinski definition) is 6. The number of aryl methyl sites for hydroxylation is 2. The molecule has 0 aliphatic rings. The number of thioether (sulfide) groups is 1. The molecule has 130 valence electrons. The SMILES string of the molecule is Cc1ccc(Cn2cc(NC(=O)CSCc3nsnc3C)cn2)cc1. The number of anilines is 1. The molecule has 0 atom stereocenters. The lowest BCUT2D eigenvalue weighted by Crippen LogP contribution is -2.13. The quantitative estimate of drug-likeness (QED) is 0.688. The third kappa shape index (κ3) is 5.14. The number of hydrogen-bond donors (Lipinski definition) is 1. The largest absolute Gasteiger partial charge is 0.323 e. The van der Waals surface area contributed by atoms with Crippen LogP contribution in [0.25, 0.3) is 0 Å². The van der Waals surface area contributed by atoms with Crippen molar-refractivity contribution in [1.29, 1.82) is 0 Å². The summed E-state index contributed by atoms with van der Waals surface area (Å²) in [5, 5.41) is 7.17. The first-order valence-electron chi connectivity index (χ1n) is 7.84. The van der Waals surface area contributed by atoms with Gasteiger partial charge in [-0.15, -0.1) is 11.8 Å². The van der Waals surface area contributed by atoms with Crippen LogP contribution in [0.1, 0.15) is 22.5 Å². The molecule has 0 aliphatic heterocycles. The zero-order valence-electron chi connectivity index (χ0n) is 14.1. The van der Waals surface area contributed by atoms with Crippen LogP contribution < -0.4 is 5.32 Å². The Morgan fingerprint density at radius 3 is 2.76 bits per heavy atom. The summed E-state index contributed by atoms with van der Waals surface area (Å²) < 4.78 is 10.2. The standard InChI is InChI=1S/C17H19N5OS2/c1-12-3-5-14(6-4-12)8-22-9-15(7-18-22)19-17(23)11-24-10-16-13(2)20-25-21-16/h3-7,9H,8,10-11H2,1-2H3,(H,19,23). The lowest BCUT2D eigenvalue weighted by Gasteiger charge is -2.03. The van der Waals surface area contributed by atoms with Crippen molar-refractivity contribution in [3.05, 3.63) is 59.2 Å². The molecule has 6 nitrogen and oxygen atoms in total. The van der Waals surface area contributed by atoms with Gasteiger partial charge in [0.2, 0.25) is 5.91 Å². The van der Waals surface area contributed by atoms with Crippen molar-refractivity contribution in [2.75, 3.05) is 11.1 Å². The lowest BCUT2D eigenvalue weighted by molar-refractivity contribution is -0.113. The molecule has 0 saturated heterocycles. The highest BCUT2D eigenvalue weighted by Crippen LogP contribution is 2.15. The Labute approximate surface area is 155 Å². The van der Waals surface area contributed by atoms with Gasteiger partial charge in [0, 0.05) is 11.9 Å². The summed E-state index contributed by atoms with van der Waals surface area (Å²) in [4.78, 5) is 12.0. The van der Waals surface area contributed by atoms with Crippen molar-refractivity contribution in [1.82, 2.24) is 18.5 Å². The molecule has 1 aromatic carbocycles. The fraction of sp³-hybridized carbons (Fsp3) is 0.294. The third-order valence-corrected chi connectivity index (χ3v) is 5.20. The maximum absolute atomic E-state index is 12.0. The molecule has 3 rings (SSSR count). The normalized spacial score (nSPS) is 10.8. The molecule has 1 N–H and O–H groups in total. The summed E-state index contributed by atoms with van der Waals surface area (Å²) >= 11 is 2.74. The van der Waals surface area contributed by atoms with E-state index < -0.39 is 0 Å². The number of carbonyl (C=O) groups excluding carboxylic acids is 1. The smallest absolute Gasteiger partial charge is 0.234 e. The van der Waals surface area contributed by atoms with Crippen molar-refractivity contribution in [3.8, 4) is 0 Å². The van der Waals surface area contributed by atoms with E-state index >= 15 is 0 Å². The van der Waals surface area contributed by atoms with Crippen LogP contribution in [0.3, 0.4) is 0 Å². The van der Waals surface area contributed by atoms with Gasteiger partial charge < -0.3 is 5.32 Å². The Morgan fingerprint density at radius 2 is 2.04 bits per heavy atom. The highest BCUT2D eigenvalue weighted by molar-refractivity contribution is 7.99. The van der Waals surface area contributed by atoms with Gasteiger partial charge >= 0.3 is 0 Å². The van der Waals surface area contributed by atoms with E-state index in [-0.39, 0.29) is 5.91 Å². The summed E-state index contributed by atoms with van der Waals surface area (Å²) in [5.74, 6) is 1.03.